The van der Waals surface area contributed by atoms with E-state index in [4.69, 9.17) is 9.47 Å². The van der Waals surface area contributed by atoms with Crippen LogP contribution in [-0.2, 0) is 12.8 Å². The van der Waals surface area contributed by atoms with Crippen molar-refractivity contribution in [2.24, 2.45) is 0 Å². The summed E-state index contributed by atoms with van der Waals surface area (Å²) in [5, 5.41) is 9.42. The molecule has 0 aliphatic rings. The molecule has 0 unspecified atom stereocenters. The predicted molar refractivity (Wildman–Crippen MR) is 106 cm³/mol. The number of halogens is 3. The van der Waals surface area contributed by atoms with E-state index >= 15 is 0 Å². The maximum Gasteiger partial charge on any atom is 0.416 e. The van der Waals surface area contributed by atoms with E-state index in [2.05, 4.69) is 11.1 Å². The molecule has 0 aliphatic heterocycles. The van der Waals surface area contributed by atoms with Crippen molar-refractivity contribution in [3.05, 3.63) is 89.2 Å². The van der Waals surface area contributed by atoms with E-state index in [9.17, 15) is 18.4 Å². The van der Waals surface area contributed by atoms with Gasteiger partial charge in [0.2, 0.25) is 0 Å². The molecule has 1 aromatic heterocycles. The SMILES string of the molecule is COc1cc(/C=C(\C#N)c2ccccn2)ccc1OCc1cccc(C(F)(F)F)c1. The van der Waals surface area contributed by atoms with Crippen LogP contribution in [0.5, 0.6) is 11.5 Å². The molecule has 0 radical (unpaired) electrons. The van der Waals surface area contributed by atoms with Crippen LogP contribution in [0.3, 0.4) is 0 Å². The molecule has 3 aromatic rings. The lowest BCUT2D eigenvalue weighted by molar-refractivity contribution is -0.137. The van der Waals surface area contributed by atoms with Gasteiger partial charge in [0.05, 0.1) is 23.9 Å². The third kappa shape index (κ3) is 5.17. The van der Waals surface area contributed by atoms with Crippen LogP contribution in [0.2, 0.25) is 0 Å². The molecule has 152 valence electrons. The minimum absolute atomic E-state index is 0.0488. The fourth-order valence-corrected chi connectivity index (χ4v) is 2.74. The zero-order chi connectivity index (χ0) is 21.6. The lowest BCUT2D eigenvalue weighted by atomic mass is 10.1. The fraction of sp³-hybridized carbons (Fsp3) is 0.130. The molecule has 0 amide bonds. The van der Waals surface area contributed by atoms with Gasteiger partial charge in [0.1, 0.15) is 12.7 Å². The number of allylic oxidation sites excluding steroid dienone is 1. The lowest BCUT2D eigenvalue weighted by Crippen LogP contribution is -2.06. The number of hydrogen-bond acceptors (Lipinski definition) is 4. The number of ether oxygens (including phenoxy) is 2. The van der Waals surface area contributed by atoms with Gasteiger partial charge >= 0.3 is 6.18 Å². The Morgan fingerprint density at radius 1 is 1.07 bits per heavy atom. The van der Waals surface area contributed by atoms with E-state index in [1.807, 2.05) is 0 Å². The summed E-state index contributed by atoms with van der Waals surface area (Å²) >= 11 is 0. The molecule has 0 N–H and O–H groups in total. The normalized spacial score (nSPS) is 11.6. The summed E-state index contributed by atoms with van der Waals surface area (Å²) in [6, 6.07) is 17.4. The highest BCUT2D eigenvalue weighted by molar-refractivity contribution is 5.88. The van der Waals surface area contributed by atoms with Gasteiger partial charge in [-0.15, -0.1) is 0 Å². The summed E-state index contributed by atoms with van der Waals surface area (Å²) in [6.07, 6.45) is -1.14. The average Bonchev–Trinajstić information content (AvgIpc) is 2.76. The number of methoxy groups -OCH3 is 1. The second-order valence-corrected chi connectivity index (χ2v) is 6.28. The number of rotatable bonds is 6. The Morgan fingerprint density at radius 2 is 1.90 bits per heavy atom. The van der Waals surface area contributed by atoms with Crippen LogP contribution >= 0.6 is 0 Å². The average molecular weight is 410 g/mol. The van der Waals surface area contributed by atoms with Crippen LogP contribution in [0.15, 0.2) is 66.9 Å². The third-order valence-corrected chi connectivity index (χ3v) is 4.21. The Balaban J connectivity index is 1.80. The Morgan fingerprint density at radius 3 is 2.57 bits per heavy atom. The highest BCUT2D eigenvalue weighted by atomic mass is 19.4. The first-order valence-corrected chi connectivity index (χ1v) is 8.91. The first-order chi connectivity index (χ1) is 14.4. The fourth-order valence-electron chi connectivity index (χ4n) is 2.74. The molecule has 7 heteroatoms. The number of hydrogen-bond donors (Lipinski definition) is 0. The molecule has 0 aliphatic carbocycles. The monoisotopic (exact) mass is 410 g/mol. The number of alkyl halides is 3. The van der Waals surface area contributed by atoms with E-state index in [1.165, 1.54) is 13.2 Å². The zero-order valence-electron chi connectivity index (χ0n) is 16.0. The Bertz CT molecular complexity index is 1090. The summed E-state index contributed by atoms with van der Waals surface area (Å²) in [7, 11) is 1.46. The van der Waals surface area contributed by atoms with E-state index in [-0.39, 0.29) is 6.61 Å². The molecule has 0 saturated heterocycles. The van der Waals surface area contributed by atoms with Gasteiger partial charge in [0, 0.05) is 6.20 Å². The van der Waals surface area contributed by atoms with E-state index in [0.717, 1.165) is 12.1 Å². The van der Waals surface area contributed by atoms with E-state index in [1.54, 1.807) is 54.7 Å². The van der Waals surface area contributed by atoms with Crippen LogP contribution in [0.1, 0.15) is 22.4 Å². The molecule has 2 aromatic carbocycles. The predicted octanol–water partition coefficient (Wildman–Crippen LogP) is 5.75. The summed E-state index contributed by atoms with van der Waals surface area (Å²) in [5.41, 5.74) is 1.28. The van der Waals surface area contributed by atoms with Crippen LogP contribution < -0.4 is 9.47 Å². The number of nitrogens with zero attached hydrogens (tertiary/aromatic N) is 2. The summed E-state index contributed by atoms with van der Waals surface area (Å²) in [6.45, 7) is -0.0488. The molecule has 4 nitrogen and oxygen atoms in total. The largest absolute Gasteiger partial charge is 0.493 e. The van der Waals surface area contributed by atoms with Gasteiger partial charge in [-0.25, -0.2) is 0 Å². The molecule has 0 spiro atoms. The standard InChI is InChI=1S/C23H17F3N2O2/c1-29-22-13-16(11-18(14-27)20-7-2-3-10-28-20)8-9-21(22)30-15-17-5-4-6-19(12-17)23(24,25)26/h2-13H,15H2,1H3/b18-11+. The zero-order valence-corrected chi connectivity index (χ0v) is 16.0. The van der Waals surface area contributed by atoms with Crippen molar-refractivity contribution < 1.29 is 22.6 Å². The van der Waals surface area contributed by atoms with Crippen molar-refractivity contribution in [3.8, 4) is 17.6 Å². The molecular formula is C23H17F3N2O2. The van der Waals surface area contributed by atoms with Gasteiger partial charge in [-0.1, -0.05) is 24.3 Å². The molecule has 0 fully saturated rings. The van der Waals surface area contributed by atoms with Gasteiger partial charge in [-0.05, 0) is 53.6 Å². The molecular weight excluding hydrogens is 393 g/mol. The number of pyridine rings is 1. The van der Waals surface area contributed by atoms with Crippen molar-refractivity contribution in [2.75, 3.05) is 7.11 Å². The van der Waals surface area contributed by atoms with E-state index in [0.29, 0.717) is 33.9 Å². The molecule has 0 atom stereocenters. The molecule has 0 saturated carbocycles. The van der Waals surface area contributed by atoms with Crippen LogP contribution in [0.25, 0.3) is 11.6 Å². The number of benzene rings is 2. The number of aromatic nitrogens is 1. The van der Waals surface area contributed by atoms with Gasteiger partial charge in [0.15, 0.2) is 11.5 Å². The highest BCUT2D eigenvalue weighted by Gasteiger charge is 2.30. The van der Waals surface area contributed by atoms with Crippen molar-refractivity contribution in [1.29, 1.82) is 5.26 Å². The molecule has 3 rings (SSSR count). The van der Waals surface area contributed by atoms with Crippen molar-refractivity contribution in [1.82, 2.24) is 4.98 Å². The Kier molecular flexibility index (Phi) is 6.38. The van der Waals surface area contributed by atoms with Gasteiger partial charge in [-0.3, -0.25) is 4.98 Å². The van der Waals surface area contributed by atoms with Gasteiger partial charge < -0.3 is 9.47 Å². The maximum atomic E-state index is 12.9. The third-order valence-electron chi connectivity index (χ3n) is 4.21. The Labute approximate surface area is 171 Å². The molecule has 30 heavy (non-hydrogen) atoms. The quantitative estimate of drug-likeness (QED) is 0.486. The first kappa shape index (κ1) is 20.9. The van der Waals surface area contributed by atoms with Crippen LogP contribution in [-0.4, -0.2) is 12.1 Å². The van der Waals surface area contributed by atoms with Gasteiger partial charge in [-0.2, -0.15) is 18.4 Å². The number of nitriles is 1. The Hall–Kier alpha value is -3.79. The molecule has 1 heterocycles. The van der Waals surface area contributed by atoms with Crippen LogP contribution in [0, 0.1) is 11.3 Å². The summed E-state index contributed by atoms with van der Waals surface area (Å²) in [4.78, 5) is 4.17. The smallest absolute Gasteiger partial charge is 0.416 e. The van der Waals surface area contributed by atoms with Crippen LogP contribution in [0.4, 0.5) is 13.2 Å². The minimum Gasteiger partial charge on any atom is -0.493 e. The van der Waals surface area contributed by atoms with Crippen molar-refractivity contribution in [3.63, 3.8) is 0 Å². The van der Waals surface area contributed by atoms with Gasteiger partial charge in [0.25, 0.3) is 0 Å². The summed E-state index contributed by atoms with van der Waals surface area (Å²) < 4.78 is 49.6. The van der Waals surface area contributed by atoms with E-state index < -0.39 is 11.7 Å². The first-order valence-electron chi connectivity index (χ1n) is 8.91. The van der Waals surface area contributed by atoms with Crippen molar-refractivity contribution >= 4 is 11.6 Å². The second-order valence-electron chi connectivity index (χ2n) is 6.28. The molecule has 0 bridgehead atoms. The van der Waals surface area contributed by atoms with Crippen molar-refractivity contribution in [2.45, 2.75) is 12.8 Å². The lowest BCUT2D eigenvalue weighted by Gasteiger charge is -2.13. The maximum absolute atomic E-state index is 12.9. The second kappa shape index (κ2) is 9.14. The minimum atomic E-state index is -4.41. The summed E-state index contributed by atoms with van der Waals surface area (Å²) in [5.74, 6) is 0.775. The highest BCUT2D eigenvalue weighted by Crippen LogP contribution is 2.32. The topological polar surface area (TPSA) is 55.1 Å².